The SMILES string of the molecule is Cc1cc(C(O)Cc2nc3ccccc3s2)n(C)n1. The molecule has 2 heterocycles. The van der Waals surface area contributed by atoms with Crippen LogP contribution in [-0.2, 0) is 13.5 Å². The highest BCUT2D eigenvalue weighted by molar-refractivity contribution is 7.18. The van der Waals surface area contributed by atoms with Gasteiger partial charge in [-0.05, 0) is 25.1 Å². The van der Waals surface area contributed by atoms with Crippen LogP contribution in [0.2, 0.25) is 0 Å². The van der Waals surface area contributed by atoms with Crippen molar-refractivity contribution in [2.75, 3.05) is 0 Å². The zero-order valence-corrected chi connectivity index (χ0v) is 11.7. The Bertz CT molecular complexity index is 683. The maximum Gasteiger partial charge on any atom is 0.102 e. The lowest BCUT2D eigenvalue weighted by molar-refractivity contribution is 0.168. The van der Waals surface area contributed by atoms with Crippen LogP contribution in [0, 0.1) is 6.92 Å². The van der Waals surface area contributed by atoms with E-state index < -0.39 is 6.10 Å². The summed E-state index contributed by atoms with van der Waals surface area (Å²) in [6.45, 7) is 1.92. The van der Waals surface area contributed by atoms with Crippen molar-refractivity contribution in [2.45, 2.75) is 19.4 Å². The molecule has 5 heteroatoms. The summed E-state index contributed by atoms with van der Waals surface area (Å²) in [6, 6.07) is 9.95. The summed E-state index contributed by atoms with van der Waals surface area (Å²) < 4.78 is 2.89. The molecular weight excluding hydrogens is 258 g/mol. The first-order valence-electron chi connectivity index (χ1n) is 6.16. The lowest BCUT2D eigenvalue weighted by Gasteiger charge is -2.08. The van der Waals surface area contributed by atoms with Gasteiger partial charge in [0, 0.05) is 13.5 Å². The van der Waals surface area contributed by atoms with Gasteiger partial charge in [0.25, 0.3) is 0 Å². The topological polar surface area (TPSA) is 50.9 Å². The number of fused-ring (bicyclic) bond motifs is 1. The molecule has 0 bridgehead atoms. The second-order valence-corrected chi connectivity index (χ2v) is 5.74. The van der Waals surface area contributed by atoms with Gasteiger partial charge in [-0.25, -0.2) is 4.98 Å². The van der Waals surface area contributed by atoms with Gasteiger partial charge in [0.15, 0.2) is 0 Å². The van der Waals surface area contributed by atoms with Crippen LogP contribution < -0.4 is 0 Å². The number of rotatable bonds is 3. The Morgan fingerprint density at radius 3 is 2.84 bits per heavy atom. The Hall–Kier alpha value is -1.72. The second kappa shape index (κ2) is 4.75. The van der Waals surface area contributed by atoms with Crippen molar-refractivity contribution in [1.29, 1.82) is 0 Å². The molecule has 0 aliphatic rings. The van der Waals surface area contributed by atoms with E-state index in [4.69, 9.17) is 0 Å². The van der Waals surface area contributed by atoms with Crippen molar-refractivity contribution in [2.24, 2.45) is 7.05 Å². The number of benzene rings is 1. The molecule has 4 nitrogen and oxygen atoms in total. The molecule has 0 spiro atoms. The lowest BCUT2D eigenvalue weighted by Crippen LogP contribution is -2.07. The zero-order chi connectivity index (χ0) is 13.4. The molecule has 1 atom stereocenters. The van der Waals surface area contributed by atoms with Gasteiger partial charge in [-0.2, -0.15) is 5.10 Å². The molecule has 3 rings (SSSR count). The van der Waals surface area contributed by atoms with Crippen LogP contribution >= 0.6 is 11.3 Å². The first-order chi connectivity index (χ1) is 9.13. The highest BCUT2D eigenvalue weighted by Crippen LogP contribution is 2.26. The fourth-order valence-corrected chi connectivity index (χ4v) is 3.22. The number of aromatic nitrogens is 3. The summed E-state index contributed by atoms with van der Waals surface area (Å²) in [7, 11) is 1.85. The second-order valence-electron chi connectivity index (χ2n) is 4.63. The predicted octanol–water partition coefficient (Wildman–Crippen LogP) is 2.61. The largest absolute Gasteiger partial charge is 0.386 e. The first kappa shape index (κ1) is 12.3. The van der Waals surface area contributed by atoms with Gasteiger partial charge in [0.2, 0.25) is 0 Å². The van der Waals surface area contributed by atoms with Crippen LogP contribution in [-0.4, -0.2) is 19.9 Å². The van der Waals surface area contributed by atoms with Gasteiger partial charge in [0.05, 0.1) is 26.6 Å². The number of aliphatic hydroxyl groups is 1. The average molecular weight is 273 g/mol. The number of hydrogen-bond donors (Lipinski definition) is 1. The van der Waals surface area contributed by atoms with Gasteiger partial charge >= 0.3 is 0 Å². The van der Waals surface area contributed by atoms with E-state index in [0.717, 1.165) is 26.6 Å². The van der Waals surface area contributed by atoms with Gasteiger partial charge in [-0.3, -0.25) is 4.68 Å². The van der Waals surface area contributed by atoms with Crippen molar-refractivity contribution >= 4 is 21.6 Å². The summed E-state index contributed by atoms with van der Waals surface area (Å²) in [5.41, 5.74) is 2.74. The molecule has 0 fully saturated rings. The Labute approximate surface area is 115 Å². The maximum absolute atomic E-state index is 10.3. The molecule has 1 unspecified atom stereocenters. The van der Waals surface area contributed by atoms with Crippen LogP contribution in [0.15, 0.2) is 30.3 Å². The lowest BCUT2D eigenvalue weighted by atomic mass is 10.2. The summed E-state index contributed by atoms with van der Waals surface area (Å²) in [5.74, 6) is 0. The molecule has 3 aromatic rings. The van der Waals surface area contributed by atoms with Crippen molar-refractivity contribution in [1.82, 2.24) is 14.8 Å². The zero-order valence-electron chi connectivity index (χ0n) is 10.9. The Morgan fingerprint density at radius 1 is 1.37 bits per heavy atom. The van der Waals surface area contributed by atoms with E-state index in [1.54, 1.807) is 16.0 Å². The number of aryl methyl sites for hydroxylation is 2. The molecular formula is C14H15N3OS. The molecule has 0 saturated carbocycles. The smallest absolute Gasteiger partial charge is 0.102 e. The monoisotopic (exact) mass is 273 g/mol. The van der Waals surface area contributed by atoms with Crippen molar-refractivity contribution < 1.29 is 5.11 Å². The minimum absolute atomic E-state index is 0.526. The minimum atomic E-state index is -0.563. The number of hydrogen-bond acceptors (Lipinski definition) is 4. The maximum atomic E-state index is 10.3. The third kappa shape index (κ3) is 2.39. The fourth-order valence-electron chi connectivity index (χ4n) is 2.22. The van der Waals surface area contributed by atoms with Crippen molar-refractivity contribution in [3.63, 3.8) is 0 Å². The number of aliphatic hydroxyl groups excluding tert-OH is 1. The minimum Gasteiger partial charge on any atom is -0.386 e. The van der Waals surface area contributed by atoms with E-state index in [-0.39, 0.29) is 0 Å². The number of thiazole rings is 1. The van der Waals surface area contributed by atoms with E-state index in [1.165, 1.54) is 0 Å². The summed E-state index contributed by atoms with van der Waals surface area (Å²) in [4.78, 5) is 4.54. The normalized spacial score (nSPS) is 13.0. The molecule has 1 aromatic carbocycles. The van der Waals surface area contributed by atoms with E-state index in [0.29, 0.717) is 6.42 Å². The Balaban J connectivity index is 1.86. The van der Waals surface area contributed by atoms with Crippen LogP contribution in [0.5, 0.6) is 0 Å². The highest BCUT2D eigenvalue weighted by Gasteiger charge is 2.16. The van der Waals surface area contributed by atoms with E-state index in [9.17, 15) is 5.11 Å². The third-order valence-corrected chi connectivity index (χ3v) is 4.14. The molecule has 19 heavy (non-hydrogen) atoms. The fraction of sp³-hybridized carbons (Fsp3) is 0.286. The van der Waals surface area contributed by atoms with Gasteiger partial charge in [0.1, 0.15) is 6.10 Å². The van der Waals surface area contributed by atoms with Crippen molar-refractivity contribution in [3.05, 3.63) is 46.7 Å². The van der Waals surface area contributed by atoms with Gasteiger partial charge in [-0.1, -0.05) is 12.1 Å². The first-order valence-corrected chi connectivity index (χ1v) is 6.98. The summed E-state index contributed by atoms with van der Waals surface area (Å²) in [5, 5.41) is 15.5. The molecule has 98 valence electrons. The molecule has 2 aromatic heterocycles. The molecule has 0 saturated heterocycles. The number of para-hydroxylation sites is 1. The van der Waals surface area contributed by atoms with E-state index in [2.05, 4.69) is 16.1 Å². The van der Waals surface area contributed by atoms with Gasteiger partial charge in [-0.15, -0.1) is 11.3 Å². The van der Waals surface area contributed by atoms with Crippen LogP contribution in [0.1, 0.15) is 22.5 Å². The third-order valence-electron chi connectivity index (χ3n) is 3.09. The van der Waals surface area contributed by atoms with Gasteiger partial charge < -0.3 is 5.11 Å². The highest BCUT2D eigenvalue weighted by atomic mass is 32.1. The average Bonchev–Trinajstić information content (AvgIpc) is 2.91. The Kier molecular flexibility index (Phi) is 3.08. The quantitative estimate of drug-likeness (QED) is 0.798. The van der Waals surface area contributed by atoms with Crippen LogP contribution in [0.3, 0.4) is 0 Å². The molecule has 1 N–H and O–H groups in total. The molecule has 0 amide bonds. The Morgan fingerprint density at radius 2 is 2.16 bits per heavy atom. The molecule has 0 aliphatic carbocycles. The van der Waals surface area contributed by atoms with E-state index in [1.807, 2.05) is 38.2 Å². The van der Waals surface area contributed by atoms with Crippen LogP contribution in [0.25, 0.3) is 10.2 Å². The molecule has 0 radical (unpaired) electrons. The standard InChI is InChI=1S/C14H15N3OS/c1-9-7-11(17(2)16-9)12(18)8-14-15-10-5-3-4-6-13(10)19-14/h3-7,12,18H,8H2,1-2H3. The summed E-state index contributed by atoms with van der Waals surface area (Å²) in [6.07, 6.45) is -0.0371. The van der Waals surface area contributed by atoms with Crippen LogP contribution in [0.4, 0.5) is 0 Å². The summed E-state index contributed by atoms with van der Waals surface area (Å²) >= 11 is 1.63. The van der Waals surface area contributed by atoms with E-state index >= 15 is 0 Å². The predicted molar refractivity (Wildman–Crippen MR) is 76.2 cm³/mol. The molecule has 0 aliphatic heterocycles. The van der Waals surface area contributed by atoms with Crippen molar-refractivity contribution in [3.8, 4) is 0 Å². The number of nitrogens with zero attached hydrogens (tertiary/aromatic N) is 3.